The van der Waals surface area contributed by atoms with Crippen LogP contribution in [0.5, 0.6) is 5.88 Å². The van der Waals surface area contributed by atoms with E-state index in [1.807, 2.05) is 13.8 Å². The van der Waals surface area contributed by atoms with Gasteiger partial charge < -0.3 is 19.9 Å². The second kappa shape index (κ2) is 8.66. The lowest BCUT2D eigenvalue weighted by molar-refractivity contribution is 0.170. The monoisotopic (exact) mass is 269 g/mol. The van der Waals surface area contributed by atoms with Gasteiger partial charge in [-0.25, -0.2) is 4.98 Å². The molecule has 0 saturated heterocycles. The molecule has 0 fully saturated rings. The molecule has 6 heteroatoms. The van der Waals surface area contributed by atoms with E-state index in [0.717, 1.165) is 12.1 Å². The Morgan fingerprint density at radius 3 is 2.84 bits per heavy atom. The van der Waals surface area contributed by atoms with E-state index in [2.05, 4.69) is 15.3 Å². The number of aromatic nitrogens is 2. The first-order valence-electron chi connectivity index (χ1n) is 6.54. The molecule has 0 aliphatic rings. The number of anilines is 1. The molecule has 1 atom stereocenters. The van der Waals surface area contributed by atoms with Gasteiger partial charge in [-0.05, 0) is 19.8 Å². The molecule has 0 aromatic carbocycles. The standard InChI is InChI=1S/C13H23N3O3/c1-4-7-19-12-8-10(2)14-13(16-12)15-11(5-6-17)9-18-3/h8,11,17H,4-7,9H2,1-3H3,(H,14,15,16). The van der Waals surface area contributed by atoms with Gasteiger partial charge in [0.25, 0.3) is 0 Å². The molecule has 1 aromatic heterocycles. The molecule has 6 nitrogen and oxygen atoms in total. The average Bonchev–Trinajstić information content (AvgIpc) is 2.36. The van der Waals surface area contributed by atoms with Crippen molar-refractivity contribution in [1.82, 2.24) is 9.97 Å². The van der Waals surface area contributed by atoms with Gasteiger partial charge in [0, 0.05) is 25.5 Å². The summed E-state index contributed by atoms with van der Waals surface area (Å²) in [7, 11) is 1.62. The van der Waals surface area contributed by atoms with Crippen molar-refractivity contribution < 1.29 is 14.6 Å². The number of hydrogen-bond acceptors (Lipinski definition) is 6. The van der Waals surface area contributed by atoms with Gasteiger partial charge in [0.2, 0.25) is 11.8 Å². The fourth-order valence-corrected chi connectivity index (χ4v) is 1.62. The van der Waals surface area contributed by atoms with E-state index >= 15 is 0 Å². The molecule has 0 aliphatic carbocycles. The van der Waals surface area contributed by atoms with Crippen molar-refractivity contribution in [2.24, 2.45) is 0 Å². The molecule has 108 valence electrons. The topological polar surface area (TPSA) is 76.5 Å². The molecule has 2 N–H and O–H groups in total. The minimum absolute atomic E-state index is 0.0178. The lowest BCUT2D eigenvalue weighted by Crippen LogP contribution is -2.27. The molecular weight excluding hydrogens is 246 g/mol. The van der Waals surface area contributed by atoms with Crippen LogP contribution in [0.4, 0.5) is 5.95 Å². The van der Waals surface area contributed by atoms with E-state index in [-0.39, 0.29) is 12.6 Å². The van der Waals surface area contributed by atoms with Crippen molar-refractivity contribution in [2.75, 3.05) is 32.2 Å². The lowest BCUT2D eigenvalue weighted by atomic mass is 10.2. The molecule has 0 aliphatic heterocycles. The Morgan fingerprint density at radius 2 is 2.21 bits per heavy atom. The van der Waals surface area contributed by atoms with Gasteiger partial charge >= 0.3 is 0 Å². The molecule has 0 saturated carbocycles. The quantitative estimate of drug-likeness (QED) is 0.705. The van der Waals surface area contributed by atoms with Crippen LogP contribution in [0.2, 0.25) is 0 Å². The molecule has 19 heavy (non-hydrogen) atoms. The minimum atomic E-state index is -0.0178. The minimum Gasteiger partial charge on any atom is -0.478 e. The Bertz CT molecular complexity index is 368. The maximum absolute atomic E-state index is 9.01. The second-order valence-corrected chi connectivity index (χ2v) is 4.33. The van der Waals surface area contributed by atoms with Crippen LogP contribution in [0.15, 0.2) is 6.07 Å². The van der Waals surface area contributed by atoms with Crippen molar-refractivity contribution in [3.8, 4) is 5.88 Å². The predicted octanol–water partition coefficient (Wildman–Crippen LogP) is 1.38. The Hall–Kier alpha value is -1.40. The number of nitrogens with zero attached hydrogens (tertiary/aromatic N) is 2. The smallest absolute Gasteiger partial charge is 0.226 e. The summed E-state index contributed by atoms with van der Waals surface area (Å²) < 4.78 is 10.6. The maximum atomic E-state index is 9.01. The zero-order valence-corrected chi connectivity index (χ0v) is 11.8. The van der Waals surface area contributed by atoms with E-state index in [1.54, 1.807) is 13.2 Å². The molecule has 0 radical (unpaired) electrons. The van der Waals surface area contributed by atoms with Gasteiger partial charge in [-0.3, -0.25) is 0 Å². The molecule has 0 bridgehead atoms. The first kappa shape index (κ1) is 15.7. The largest absolute Gasteiger partial charge is 0.478 e. The third-order valence-corrected chi connectivity index (χ3v) is 2.46. The number of ether oxygens (including phenoxy) is 2. The van der Waals surface area contributed by atoms with Crippen LogP contribution >= 0.6 is 0 Å². The number of methoxy groups -OCH3 is 1. The zero-order chi connectivity index (χ0) is 14.1. The van der Waals surface area contributed by atoms with Crippen LogP contribution in [0.1, 0.15) is 25.5 Å². The Balaban J connectivity index is 2.72. The van der Waals surface area contributed by atoms with E-state index in [1.165, 1.54) is 0 Å². The highest BCUT2D eigenvalue weighted by Gasteiger charge is 2.11. The number of aliphatic hydroxyl groups excluding tert-OH is 1. The highest BCUT2D eigenvalue weighted by molar-refractivity contribution is 5.31. The van der Waals surface area contributed by atoms with Crippen molar-refractivity contribution >= 4 is 5.95 Å². The highest BCUT2D eigenvalue weighted by atomic mass is 16.5. The van der Waals surface area contributed by atoms with Crippen LogP contribution in [-0.2, 0) is 4.74 Å². The molecule has 1 aromatic rings. The van der Waals surface area contributed by atoms with Crippen LogP contribution in [0, 0.1) is 6.92 Å². The van der Waals surface area contributed by atoms with Gasteiger partial charge in [0.15, 0.2) is 0 Å². The first-order valence-corrected chi connectivity index (χ1v) is 6.54. The van der Waals surface area contributed by atoms with Gasteiger partial charge in [-0.2, -0.15) is 4.98 Å². The van der Waals surface area contributed by atoms with Gasteiger partial charge in [0.1, 0.15) is 0 Å². The third kappa shape index (κ3) is 5.85. The summed E-state index contributed by atoms with van der Waals surface area (Å²) >= 11 is 0. The van der Waals surface area contributed by atoms with Gasteiger partial charge in [-0.1, -0.05) is 6.92 Å². The normalized spacial score (nSPS) is 12.2. The number of nitrogens with one attached hydrogen (secondary N) is 1. The summed E-state index contributed by atoms with van der Waals surface area (Å²) in [4.78, 5) is 8.60. The fraction of sp³-hybridized carbons (Fsp3) is 0.692. The van der Waals surface area contributed by atoms with Crippen LogP contribution < -0.4 is 10.1 Å². The molecule has 1 unspecified atom stereocenters. The van der Waals surface area contributed by atoms with E-state index in [9.17, 15) is 0 Å². The van der Waals surface area contributed by atoms with Crippen molar-refractivity contribution in [3.63, 3.8) is 0 Å². The van der Waals surface area contributed by atoms with E-state index in [0.29, 0.717) is 31.5 Å². The molecule has 1 rings (SSSR count). The van der Waals surface area contributed by atoms with E-state index < -0.39 is 0 Å². The summed E-state index contributed by atoms with van der Waals surface area (Å²) in [6, 6.07) is 1.79. The highest BCUT2D eigenvalue weighted by Crippen LogP contribution is 2.13. The number of aryl methyl sites for hydroxylation is 1. The molecule has 0 amide bonds. The predicted molar refractivity (Wildman–Crippen MR) is 73.5 cm³/mol. The van der Waals surface area contributed by atoms with Gasteiger partial charge in [-0.15, -0.1) is 0 Å². The first-order chi connectivity index (χ1) is 9.19. The van der Waals surface area contributed by atoms with Crippen LogP contribution in [0.25, 0.3) is 0 Å². The summed E-state index contributed by atoms with van der Waals surface area (Å²) in [5, 5.41) is 12.2. The Morgan fingerprint density at radius 1 is 1.42 bits per heavy atom. The number of rotatable bonds is 9. The maximum Gasteiger partial charge on any atom is 0.226 e. The second-order valence-electron chi connectivity index (χ2n) is 4.33. The SMILES string of the molecule is CCCOc1cc(C)nc(NC(CCO)COC)n1. The van der Waals surface area contributed by atoms with Crippen LogP contribution in [-0.4, -0.2) is 48.0 Å². The van der Waals surface area contributed by atoms with Gasteiger partial charge in [0.05, 0.1) is 19.3 Å². The molecule has 0 spiro atoms. The van der Waals surface area contributed by atoms with Crippen LogP contribution in [0.3, 0.4) is 0 Å². The number of aliphatic hydroxyl groups is 1. The number of hydrogen-bond donors (Lipinski definition) is 2. The molecule has 1 heterocycles. The summed E-state index contributed by atoms with van der Waals surface area (Å²) in [5.74, 6) is 1.07. The Kier molecular flexibility index (Phi) is 7.14. The Labute approximate surface area is 114 Å². The molecular formula is C13H23N3O3. The zero-order valence-electron chi connectivity index (χ0n) is 11.8. The van der Waals surface area contributed by atoms with Crippen molar-refractivity contribution in [3.05, 3.63) is 11.8 Å². The van der Waals surface area contributed by atoms with Crippen molar-refractivity contribution in [2.45, 2.75) is 32.7 Å². The summed E-state index contributed by atoms with van der Waals surface area (Å²) in [6.07, 6.45) is 1.51. The third-order valence-electron chi connectivity index (χ3n) is 2.46. The van der Waals surface area contributed by atoms with E-state index in [4.69, 9.17) is 14.6 Å². The fourth-order valence-electron chi connectivity index (χ4n) is 1.62. The average molecular weight is 269 g/mol. The summed E-state index contributed by atoms with van der Waals surface area (Å²) in [5.41, 5.74) is 0.837. The lowest BCUT2D eigenvalue weighted by Gasteiger charge is -2.17. The summed E-state index contributed by atoms with van der Waals surface area (Å²) in [6.45, 7) is 5.15. The van der Waals surface area contributed by atoms with Crippen molar-refractivity contribution in [1.29, 1.82) is 0 Å².